The van der Waals surface area contributed by atoms with Crippen LogP contribution in [0.1, 0.15) is 5.56 Å². The Morgan fingerprint density at radius 3 is 3.06 bits per heavy atom. The Labute approximate surface area is 105 Å². The van der Waals surface area contributed by atoms with Crippen LogP contribution in [0.5, 0.6) is 0 Å². The van der Waals surface area contributed by atoms with Gasteiger partial charge in [-0.1, -0.05) is 18.2 Å². The lowest BCUT2D eigenvalue weighted by molar-refractivity contribution is -0.120. The van der Waals surface area contributed by atoms with E-state index < -0.39 is 0 Å². The van der Waals surface area contributed by atoms with Crippen molar-refractivity contribution in [3.63, 3.8) is 0 Å². The smallest absolute Gasteiger partial charge is 0.224 e. The molecule has 1 heterocycles. The third-order valence-corrected chi connectivity index (χ3v) is 3.27. The van der Waals surface area contributed by atoms with Crippen LogP contribution in [0.4, 0.5) is 0 Å². The SMILES string of the molecule is CSCCNC(=O)Cc1c[nH]c2ccccc12. The molecule has 0 saturated heterocycles. The van der Waals surface area contributed by atoms with E-state index >= 15 is 0 Å². The first-order valence-electron chi connectivity index (χ1n) is 5.62. The van der Waals surface area contributed by atoms with Crippen LogP contribution in [-0.4, -0.2) is 29.4 Å². The topological polar surface area (TPSA) is 44.9 Å². The van der Waals surface area contributed by atoms with Gasteiger partial charge in [-0.15, -0.1) is 0 Å². The Bertz CT molecular complexity index is 507. The van der Waals surface area contributed by atoms with Gasteiger partial charge in [0.2, 0.25) is 5.91 Å². The van der Waals surface area contributed by atoms with Gasteiger partial charge in [-0.2, -0.15) is 11.8 Å². The highest BCUT2D eigenvalue weighted by Crippen LogP contribution is 2.17. The van der Waals surface area contributed by atoms with E-state index in [4.69, 9.17) is 0 Å². The molecule has 4 heteroatoms. The molecule has 0 aliphatic rings. The number of hydrogen-bond acceptors (Lipinski definition) is 2. The third-order valence-electron chi connectivity index (χ3n) is 2.65. The van der Waals surface area contributed by atoms with Gasteiger partial charge in [0.25, 0.3) is 0 Å². The predicted molar refractivity (Wildman–Crippen MR) is 73.4 cm³/mol. The first-order valence-corrected chi connectivity index (χ1v) is 7.01. The second kappa shape index (κ2) is 5.77. The summed E-state index contributed by atoms with van der Waals surface area (Å²) >= 11 is 1.73. The minimum absolute atomic E-state index is 0.0869. The monoisotopic (exact) mass is 248 g/mol. The molecule has 0 fully saturated rings. The van der Waals surface area contributed by atoms with E-state index in [0.717, 1.165) is 28.8 Å². The summed E-state index contributed by atoms with van der Waals surface area (Å²) < 4.78 is 0. The molecule has 2 rings (SSSR count). The molecular formula is C13H16N2OS. The number of carbonyl (C=O) groups is 1. The summed E-state index contributed by atoms with van der Waals surface area (Å²) in [6.07, 6.45) is 4.39. The fraction of sp³-hybridized carbons (Fsp3) is 0.308. The van der Waals surface area contributed by atoms with Crippen LogP contribution in [0.2, 0.25) is 0 Å². The normalized spacial score (nSPS) is 10.6. The number of para-hydroxylation sites is 1. The van der Waals surface area contributed by atoms with E-state index in [1.54, 1.807) is 11.8 Å². The lowest BCUT2D eigenvalue weighted by atomic mass is 10.1. The van der Waals surface area contributed by atoms with E-state index in [9.17, 15) is 4.79 Å². The summed E-state index contributed by atoms with van der Waals surface area (Å²) in [7, 11) is 0. The number of H-pyrrole nitrogens is 1. The number of rotatable bonds is 5. The highest BCUT2D eigenvalue weighted by Gasteiger charge is 2.07. The van der Waals surface area contributed by atoms with E-state index in [1.165, 1.54) is 0 Å². The maximum absolute atomic E-state index is 11.7. The average molecular weight is 248 g/mol. The van der Waals surface area contributed by atoms with Crippen LogP contribution in [0.15, 0.2) is 30.5 Å². The molecule has 17 heavy (non-hydrogen) atoms. The van der Waals surface area contributed by atoms with Crippen molar-refractivity contribution in [2.24, 2.45) is 0 Å². The van der Waals surface area contributed by atoms with Crippen LogP contribution < -0.4 is 5.32 Å². The standard InChI is InChI=1S/C13H16N2OS/c1-17-7-6-14-13(16)8-10-9-15-12-5-3-2-4-11(10)12/h2-5,9,15H,6-8H2,1H3,(H,14,16). The Kier molecular flexibility index (Phi) is 4.09. The molecule has 90 valence electrons. The van der Waals surface area contributed by atoms with Crippen LogP contribution in [0, 0.1) is 0 Å². The zero-order valence-corrected chi connectivity index (χ0v) is 10.6. The number of carbonyl (C=O) groups excluding carboxylic acids is 1. The van der Waals surface area contributed by atoms with Crippen molar-refractivity contribution >= 4 is 28.6 Å². The van der Waals surface area contributed by atoms with Crippen molar-refractivity contribution < 1.29 is 4.79 Å². The predicted octanol–water partition coefficient (Wildman–Crippen LogP) is 2.19. The lowest BCUT2D eigenvalue weighted by Gasteiger charge is -2.03. The fourth-order valence-corrected chi connectivity index (χ4v) is 2.11. The molecule has 2 aromatic rings. The lowest BCUT2D eigenvalue weighted by Crippen LogP contribution is -2.27. The number of aromatic nitrogens is 1. The molecule has 0 unspecified atom stereocenters. The van der Waals surface area contributed by atoms with Crippen molar-refractivity contribution in [1.82, 2.24) is 10.3 Å². The molecule has 0 saturated carbocycles. The fourth-order valence-electron chi connectivity index (χ4n) is 1.81. The molecule has 0 radical (unpaired) electrons. The van der Waals surface area contributed by atoms with Gasteiger partial charge < -0.3 is 10.3 Å². The molecule has 2 N–H and O–H groups in total. The van der Waals surface area contributed by atoms with E-state index in [1.807, 2.05) is 36.7 Å². The largest absolute Gasteiger partial charge is 0.361 e. The molecule has 0 aliphatic heterocycles. The van der Waals surface area contributed by atoms with Crippen molar-refractivity contribution in [2.75, 3.05) is 18.6 Å². The number of fused-ring (bicyclic) bond motifs is 1. The van der Waals surface area contributed by atoms with Gasteiger partial charge in [0.1, 0.15) is 0 Å². The molecule has 1 amide bonds. The zero-order valence-electron chi connectivity index (χ0n) is 9.82. The molecule has 0 aliphatic carbocycles. The van der Waals surface area contributed by atoms with E-state index in [2.05, 4.69) is 10.3 Å². The van der Waals surface area contributed by atoms with Gasteiger partial charge in [0.15, 0.2) is 0 Å². The third kappa shape index (κ3) is 3.03. The summed E-state index contributed by atoms with van der Waals surface area (Å²) in [6, 6.07) is 8.03. The second-order valence-electron chi connectivity index (χ2n) is 3.88. The number of amides is 1. The van der Waals surface area contributed by atoms with Gasteiger partial charge in [-0.25, -0.2) is 0 Å². The van der Waals surface area contributed by atoms with Crippen LogP contribution in [0.25, 0.3) is 10.9 Å². The van der Waals surface area contributed by atoms with Crippen LogP contribution in [0.3, 0.4) is 0 Å². The molecule has 0 spiro atoms. The molecule has 3 nitrogen and oxygen atoms in total. The summed E-state index contributed by atoms with van der Waals surface area (Å²) in [5, 5.41) is 4.04. The molecule has 0 atom stereocenters. The van der Waals surface area contributed by atoms with Gasteiger partial charge >= 0.3 is 0 Å². The number of hydrogen-bond donors (Lipinski definition) is 2. The quantitative estimate of drug-likeness (QED) is 0.797. The highest BCUT2D eigenvalue weighted by atomic mass is 32.2. The van der Waals surface area contributed by atoms with Gasteiger partial charge in [-0.05, 0) is 17.9 Å². The van der Waals surface area contributed by atoms with Gasteiger partial charge in [-0.3, -0.25) is 4.79 Å². The highest BCUT2D eigenvalue weighted by molar-refractivity contribution is 7.98. The Hall–Kier alpha value is -1.42. The van der Waals surface area contributed by atoms with Crippen LogP contribution >= 0.6 is 11.8 Å². The molecule has 1 aromatic carbocycles. The number of nitrogens with one attached hydrogen (secondary N) is 2. The number of aromatic amines is 1. The van der Waals surface area contributed by atoms with Gasteiger partial charge in [0.05, 0.1) is 6.42 Å². The first kappa shape index (κ1) is 12.0. The Balaban J connectivity index is 2.01. The average Bonchev–Trinajstić information content (AvgIpc) is 2.73. The van der Waals surface area contributed by atoms with Gasteiger partial charge in [0, 0.05) is 29.4 Å². The van der Waals surface area contributed by atoms with Crippen molar-refractivity contribution in [1.29, 1.82) is 0 Å². The first-order chi connectivity index (χ1) is 8.31. The minimum atomic E-state index is 0.0869. The minimum Gasteiger partial charge on any atom is -0.361 e. The van der Waals surface area contributed by atoms with E-state index in [-0.39, 0.29) is 5.91 Å². The van der Waals surface area contributed by atoms with Crippen molar-refractivity contribution in [2.45, 2.75) is 6.42 Å². The second-order valence-corrected chi connectivity index (χ2v) is 4.86. The Morgan fingerprint density at radius 2 is 2.24 bits per heavy atom. The maximum atomic E-state index is 11.7. The summed E-state index contributed by atoms with van der Waals surface area (Å²) in [5.74, 6) is 1.04. The number of thioether (sulfide) groups is 1. The van der Waals surface area contributed by atoms with E-state index in [0.29, 0.717) is 6.42 Å². The van der Waals surface area contributed by atoms with Crippen molar-refractivity contribution in [3.8, 4) is 0 Å². The zero-order chi connectivity index (χ0) is 12.1. The Morgan fingerprint density at radius 1 is 1.41 bits per heavy atom. The van der Waals surface area contributed by atoms with Crippen LogP contribution in [-0.2, 0) is 11.2 Å². The maximum Gasteiger partial charge on any atom is 0.224 e. The molecular weight excluding hydrogens is 232 g/mol. The summed E-state index contributed by atoms with van der Waals surface area (Å²) in [5.41, 5.74) is 2.14. The summed E-state index contributed by atoms with van der Waals surface area (Å²) in [6.45, 7) is 0.738. The number of benzene rings is 1. The molecule has 0 bridgehead atoms. The summed E-state index contributed by atoms with van der Waals surface area (Å²) in [4.78, 5) is 14.9. The van der Waals surface area contributed by atoms with Crippen molar-refractivity contribution in [3.05, 3.63) is 36.0 Å². The molecule has 1 aromatic heterocycles.